The van der Waals surface area contributed by atoms with E-state index in [9.17, 15) is 4.39 Å². The summed E-state index contributed by atoms with van der Waals surface area (Å²) in [7, 11) is 3.90. The van der Waals surface area contributed by atoms with E-state index < -0.39 is 0 Å². The van der Waals surface area contributed by atoms with Crippen molar-refractivity contribution in [3.8, 4) is 0 Å². The van der Waals surface area contributed by atoms with Crippen molar-refractivity contribution in [3.63, 3.8) is 0 Å². The lowest BCUT2D eigenvalue weighted by Gasteiger charge is -2.28. The van der Waals surface area contributed by atoms with Crippen LogP contribution in [0.4, 0.5) is 4.39 Å². The summed E-state index contributed by atoms with van der Waals surface area (Å²) in [5, 5.41) is 0.493. The average Bonchev–Trinajstić information content (AvgIpc) is 2.45. The maximum absolute atomic E-state index is 13.0. The summed E-state index contributed by atoms with van der Waals surface area (Å²) in [4.78, 5) is 0. The van der Waals surface area contributed by atoms with Gasteiger partial charge in [0.05, 0.1) is 6.67 Å². The Hall–Kier alpha value is 0.630. The Morgan fingerprint density at radius 1 is 0.818 bits per heavy atom. The van der Waals surface area contributed by atoms with E-state index in [-0.39, 0.29) is 11.4 Å². The highest BCUT2D eigenvalue weighted by Crippen LogP contribution is 2.43. The van der Waals surface area contributed by atoms with Crippen molar-refractivity contribution in [1.82, 2.24) is 0 Å². The Morgan fingerprint density at radius 2 is 1.36 bits per heavy atom. The van der Waals surface area contributed by atoms with Gasteiger partial charge >= 0.3 is 0 Å². The second-order valence-electron chi connectivity index (χ2n) is 7.41. The van der Waals surface area contributed by atoms with E-state index in [1.54, 1.807) is 0 Å². The molecule has 0 nitrogen and oxygen atoms in total. The van der Waals surface area contributed by atoms with Crippen LogP contribution >= 0.6 is 21.6 Å². The van der Waals surface area contributed by atoms with Gasteiger partial charge in [0.15, 0.2) is 0 Å². The lowest BCUT2D eigenvalue weighted by atomic mass is 9.90. The van der Waals surface area contributed by atoms with Crippen LogP contribution in [0, 0.1) is 5.92 Å². The minimum absolute atomic E-state index is 0.165. The summed E-state index contributed by atoms with van der Waals surface area (Å²) < 4.78 is 13.3. The van der Waals surface area contributed by atoms with Crippen LogP contribution < -0.4 is 0 Å². The zero-order valence-electron chi connectivity index (χ0n) is 15.6. The van der Waals surface area contributed by atoms with E-state index in [1.165, 1.54) is 57.8 Å². The molecule has 1 unspecified atom stereocenters. The number of alkyl halides is 1. The summed E-state index contributed by atoms with van der Waals surface area (Å²) in [5.41, 5.74) is 0. The highest BCUT2D eigenvalue weighted by atomic mass is 33.1. The van der Waals surface area contributed by atoms with E-state index in [0.29, 0.717) is 11.2 Å². The second kappa shape index (κ2) is 14.0. The van der Waals surface area contributed by atoms with E-state index in [2.05, 4.69) is 34.6 Å². The van der Waals surface area contributed by atoms with Gasteiger partial charge in [0.2, 0.25) is 0 Å². The SMILES string of the molecule is CCCCCCC(CCCCC)[C@@H](CCF)SSC(C)(C)C. The summed E-state index contributed by atoms with van der Waals surface area (Å²) in [6, 6.07) is 0. The molecule has 0 saturated carbocycles. The van der Waals surface area contributed by atoms with E-state index in [1.807, 2.05) is 21.6 Å². The maximum atomic E-state index is 13.0. The number of hydrogen-bond donors (Lipinski definition) is 0. The number of rotatable bonds is 14. The van der Waals surface area contributed by atoms with Gasteiger partial charge in [-0.2, -0.15) is 0 Å². The summed E-state index contributed by atoms with van der Waals surface area (Å²) >= 11 is 0. The molecule has 0 aliphatic carbocycles. The molecule has 0 rings (SSSR count). The third-order valence-electron chi connectivity index (χ3n) is 3.95. The first-order valence-corrected chi connectivity index (χ1v) is 11.6. The smallest absolute Gasteiger partial charge is 0.0905 e. The van der Waals surface area contributed by atoms with Crippen LogP contribution in [0.25, 0.3) is 0 Å². The molecule has 2 atom stereocenters. The third kappa shape index (κ3) is 13.1. The zero-order valence-corrected chi connectivity index (χ0v) is 17.3. The van der Waals surface area contributed by atoms with Crippen molar-refractivity contribution >= 4 is 21.6 Å². The maximum Gasteiger partial charge on any atom is 0.0905 e. The molecule has 0 N–H and O–H groups in total. The molecule has 0 aliphatic rings. The van der Waals surface area contributed by atoms with Gasteiger partial charge in [0, 0.05) is 10.00 Å². The first-order valence-electron chi connectivity index (χ1n) is 9.35. The van der Waals surface area contributed by atoms with Crippen LogP contribution in [0.3, 0.4) is 0 Å². The Bertz CT molecular complexity index is 238. The number of hydrogen-bond acceptors (Lipinski definition) is 2. The Kier molecular flexibility index (Phi) is 14.4. The molecule has 0 aliphatic heterocycles. The zero-order chi connectivity index (χ0) is 16.8. The minimum Gasteiger partial charge on any atom is -0.251 e. The van der Waals surface area contributed by atoms with Crippen LogP contribution in [0.5, 0.6) is 0 Å². The molecule has 0 spiro atoms. The Labute approximate surface area is 147 Å². The molecular weight excluding hydrogens is 311 g/mol. The molecular formula is C19H39FS2. The largest absolute Gasteiger partial charge is 0.251 e. The van der Waals surface area contributed by atoms with Crippen LogP contribution in [-0.4, -0.2) is 16.7 Å². The average molecular weight is 351 g/mol. The van der Waals surface area contributed by atoms with Crippen molar-refractivity contribution in [3.05, 3.63) is 0 Å². The predicted octanol–water partition coefficient (Wildman–Crippen LogP) is 8.06. The quantitative estimate of drug-likeness (QED) is 0.229. The van der Waals surface area contributed by atoms with E-state index >= 15 is 0 Å². The highest BCUT2D eigenvalue weighted by molar-refractivity contribution is 8.77. The number of unbranched alkanes of at least 4 members (excludes halogenated alkanes) is 5. The standard InChI is InChI=1S/C19H39FS2/c1-6-8-10-12-14-17(13-11-9-7-2)18(15-16-20)21-22-19(3,4)5/h17-18H,6-16H2,1-5H3/t17?,18-/m1/s1. The van der Waals surface area contributed by atoms with Crippen LogP contribution in [0.1, 0.15) is 98.8 Å². The minimum atomic E-state index is -0.165. The van der Waals surface area contributed by atoms with Crippen molar-refractivity contribution in [2.24, 2.45) is 5.92 Å². The van der Waals surface area contributed by atoms with E-state index in [0.717, 1.165) is 6.42 Å². The van der Waals surface area contributed by atoms with Gasteiger partial charge < -0.3 is 0 Å². The Balaban J connectivity index is 4.48. The predicted molar refractivity (Wildman–Crippen MR) is 106 cm³/mol. The topological polar surface area (TPSA) is 0 Å². The van der Waals surface area contributed by atoms with Gasteiger partial charge in [-0.25, -0.2) is 0 Å². The van der Waals surface area contributed by atoms with Gasteiger partial charge in [-0.05, 0) is 25.2 Å². The molecule has 0 radical (unpaired) electrons. The van der Waals surface area contributed by atoms with Crippen molar-refractivity contribution in [2.45, 2.75) is 109 Å². The van der Waals surface area contributed by atoms with Crippen molar-refractivity contribution in [1.29, 1.82) is 0 Å². The van der Waals surface area contributed by atoms with Gasteiger partial charge in [0.1, 0.15) is 0 Å². The normalized spacial score (nSPS) is 15.0. The molecule has 0 fully saturated rings. The fourth-order valence-corrected chi connectivity index (χ4v) is 5.71. The highest BCUT2D eigenvalue weighted by Gasteiger charge is 2.24. The van der Waals surface area contributed by atoms with Gasteiger partial charge in [-0.15, -0.1) is 0 Å². The van der Waals surface area contributed by atoms with Gasteiger partial charge in [-0.1, -0.05) is 101 Å². The second-order valence-corrected chi connectivity index (χ2v) is 10.7. The summed E-state index contributed by atoms with van der Waals surface area (Å²) in [6.45, 7) is 11.1. The monoisotopic (exact) mass is 350 g/mol. The molecule has 0 saturated heterocycles. The molecule has 134 valence electrons. The van der Waals surface area contributed by atoms with Crippen LogP contribution in [0.15, 0.2) is 0 Å². The molecule has 0 aromatic carbocycles. The summed E-state index contributed by atoms with van der Waals surface area (Å²) in [5.74, 6) is 0.707. The van der Waals surface area contributed by atoms with Crippen molar-refractivity contribution < 1.29 is 4.39 Å². The fraction of sp³-hybridized carbons (Fsp3) is 1.00. The van der Waals surface area contributed by atoms with Crippen LogP contribution in [0.2, 0.25) is 0 Å². The van der Waals surface area contributed by atoms with Crippen LogP contribution in [-0.2, 0) is 0 Å². The molecule has 0 aromatic rings. The first-order chi connectivity index (χ1) is 10.4. The third-order valence-corrected chi connectivity index (χ3v) is 7.94. The molecule has 0 amide bonds. The lowest BCUT2D eigenvalue weighted by Crippen LogP contribution is -2.19. The first kappa shape index (κ1) is 22.6. The molecule has 0 bridgehead atoms. The van der Waals surface area contributed by atoms with Crippen molar-refractivity contribution in [2.75, 3.05) is 6.67 Å². The summed E-state index contributed by atoms with van der Waals surface area (Å²) in [6.07, 6.45) is 12.6. The lowest BCUT2D eigenvalue weighted by molar-refractivity contribution is 0.360. The fourth-order valence-electron chi connectivity index (χ4n) is 2.68. The molecule has 22 heavy (non-hydrogen) atoms. The molecule has 3 heteroatoms. The number of halogens is 1. The van der Waals surface area contributed by atoms with Gasteiger partial charge in [0.25, 0.3) is 0 Å². The van der Waals surface area contributed by atoms with E-state index in [4.69, 9.17) is 0 Å². The van der Waals surface area contributed by atoms with Gasteiger partial charge in [-0.3, -0.25) is 4.39 Å². The Morgan fingerprint density at radius 3 is 1.86 bits per heavy atom. The molecule has 0 heterocycles. The molecule has 0 aromatic heterocycles.